The van der Waals surface area contributed by atoms with E-state index in [1.807, 2.05) is 24.3 Å². The van der Waals surface area contributed by atoms with Crippen LogP contribution in [0, 0.1) is 11.8 Å². The highest BCUT2D eigenvalue weighted by Gasteiger charge is 2.26. The average Bonchev–Trinajstić information content (AvgIpc) is 2.49. The Morgan fingerprint density at radius 2 is 1.81 bits per heavy atom. The summed E-state index contributed by atoms with van der Waals surface area (Å²) in [6.07, 6.45) is 3.92. The fraction of sp³-hybridized carbons (Fsp3) is 0.500. The quantitative estimate of drug-likeness (QED) is 0.764. The Kier molecular flexibility index (Phi) is 5.33. The van der Waals surface area contributed by atoms with E-state index in [1.54, 1.807) is 0 Å². The van der Waals surface area contributed by atoms with Crippen LogP contribution >= 0.6 is 0 Å². The molecular formula is C16H23N3O2. The first-order valence-corrected chi connectivity index (χ1v) is 7.47. The summed E-state index contributed by atoms with van der Waals surface area (Å²) < 4.78 is 0. The topological polar surface area (TPSA) is 98.2 Å². The third-order valence-corrected chi connectivity index (χ3v) is 4.19. The van der Waals surface area contributed by atoms with Gasteiger partial charge >= 0.3 is 0 Å². The minimum absolute atomic E-state index is 0.0300. The molecule has 0 aliphatic heterocycles. The molecule has 5 N–H and O–H groups in total. The van der Waals surface area contributed by atoms with Crippen LogP contribution in [0.5, 0.6) is 0 Å². The third kappa shape index (κ3) is 4.29. The summed E-state index contributed by atoms with van der Waals surface area (Å²) in [7, 11) is 0. The zero-order valence-electron chi connectivity index (χ0n) is 12.2. The molecule has 0 bridgehead atoms. The van der Waals surface area contributed by atoms with Gasteiger partial charge in [0.2, 0.25) is 11.8 Å². The highest BCUT2D eigenvalue weighted by atomic mass is 16.2. The van der Waals surface area contributed by atoms with Crippen molar-refractivity contribution in [2.24, 2.45) is 23.3 Å². The number of rotatable bonds is 5. The minimum Gasteiger partial charge on any atom is -0.369 e. The Morgan fingerprint density at radius 3 is 2.43 bits per heavy atom. The Labute approximate surface area is 125 Å². The molecule has 0 saturated heterocycles. The lowest BCUT2D eigenvalue weighted by atomic mass is 9.81. The van der Waals surface area contributed by atoms with Crippen molar-refractivity contribution in [1.29, 1.82) is 0 Å². The molecule has 0 unspecified atom stereocenters. The fourth-order valence-corrected chi connectivity index (χ4v) is 2.88. The lowest BCUT2D eigenvalue weighted by Crippen LogP contribution is -2.29. The predicted octanol–water partition coefficient (Wildman–Crippen LogP) is 1.42. The van der Waals surface area contributed by atoms with E-state index in [-0.39, 0.29) is 18.2 Å². The first kappa shape index (κ1) is 15.5. The highest BCUT2D eigenvalue weighted by Crippen LogP contribution is 2.29. The standard InChI is InChI=1S/C16H23N3O2/c17-10-11-5-7-12(8-6-11)16(21)19-14-4-2-1-3-13(14)9-15(18)20/h1-4,11-12H,5-10,17H2,(H2,18,20)(H,19,21). The van der Waals surface area contributed by atoms with Gasteiger partial charge in [0.15, 0.2) is 0 Å². The average molecular weight is 289 g/mol. The molecule has 0 aromatic heterocycles. The number of nitrogens with two attached hydrogens (primary N) is 2. The Morgan fingerprint density at radius 1 is 1.14 bits per heavy atom. The van der Waals surface area contributed by atoms with Gasteiger partial charge in [0.25, 0.3) is 0 Å². The maximum atomic E-state index is 12.3. The largest absolute Gasteiger partial charge is 0.369 e. The molecule has 2 amide bonds. The smallest absolute Gasteiger partial charge is 0.227 e. The van der Waals surface area contributed by atoms with Crippen molar-refractivity contribution >= 4 is 17.5 Å². The van der Waals surface area contributed by atoms with Gasteiger partial charge in [0.05, 0.1) is 6.42 Å². The van der Waals surface area contributed by atoms with Crippen LogP contribution < -0.4 is 16.8 Å². The molecule has 0 spiro atoms. The van der Waals surface area contributed by atoms with Crippen LogP contribution in [-0.2, 0) is 16.0 Å². The Bertz CT molecular complexity index is 508. The van der Waals surface area contributed by atoms with E-state index in [0.717, 1.165) is 31.2 Å². The second-order valence-corrected chi connectivity index (χ2v) is 5.74. The summed E-state index contributed by atoms with van der Waals surface area (Å²) in [5, 5.41) is 2.94. The molecule has 114 valence electrons. The number of hydrogen-bond acceptors (Lipinski definition) is 3. The summed E-state index contributed by atoms with van der Waals surface area (Å²) >= 11 is 0. The summed E-state index contributed by atoms with van der Waals surface area (Å²) in [4.78, 5) is 23.4. The zero-order chi connectivity index (χ0) is 15.2. The summed E-state index contributed by atoms with van der Waals surface area (Å²) in [6, 6.07) is 7.29. The second kappa shape index (κ2) is 7.22. The van der Waals surface area contributed by atoms with Crippen molar-refractivity contribution in [2.75, 3.05) is 11.9 Å². The van der Waals surface area contributed by atoms with Crippen molar-refractivity contribution in [3.63, 3.8) is 0 Å². The van der Waals surface area contributed by atoms with Gasteiger partial charge in [-0.3, -0.25) is 9.59 Å². The maximum Gasteiger partial charge on any atom is 0.227 e. The van der Waals surface area contributed by atoms with E-state index in [9.17, 15) is 9.59 Å². The van der Waals surface area contributed by atoms with Gasteiger partial charge in [0.1, 0.15) is 0 Å². The van der Waals surface area contributed by atoms with Gasteiger partial charge < -0.3 is 16.8 Å². The van der Waals surface area contributed by atoms with Crippen LogP contribution in [0.15, 0.2) is 24.3 Å². The first-order valence-electron chi connectivity index (χ1n) is 7.47. The molecule has 1 aliphatic carbocycles. The van der Waals surface area contributed by atoms with Crippen LogP contribution in [0.1, 0.15) is 31.2 Å². The number of carbonyl (C=O) groups excluding carboxylic acids is 2. The number of anilines is 1. The molecule has 5 heteroatoms. The van der Waals surface area contributed by atoms with Crippen LogP contribution in [0.4, 0.5) is 5.69 Å². The van der Waals surface area contributed by atoms with Gasteiger partial charge in [-0.05, 0) is 49.8 Å². The van der Waals surface area contributed by atoms with Gasteiger partial charge in [-0.25, -0.2) is 0 Å². The van der Waals surface area contributed by atoms with E-state index in [4.69, 9.17) is 11.5 Å². The van der Waals surface area contributed by atoms with Crippen molar-refractivity contribution in [2.45, 2.75) is 32.1 Å². The summed E-state index contributed by atoms with van der Waals surface area (Å²) in [5.41, 5.74) is 12.3. The molecule has 21 heavy (non-hydrogen) atoms. The minimum atomic E-state index is -0.403. The first-order chi connectivity index (χ1) is 10.1. The number of nitrogens with one attached hydrogen (secondary N) is 1. The van der Waals surface area contributed by atoms with Crippen molar-refractivity contribution in [3.05, 3.63) is 29.8 Å². The molecule has 0 radical (unpaired) electrons. The van der Waals surface area contributed by atoms with Crippen molar-refractivity contribution < 1.29 is 9.59 Å². The molecule has 0 atom stereocenters. The maximum absolute atomic E-state index is 12.3. The van der Waals surface area contributed by atoms with Crippen LogP contribution in [0.3, 0.4) is 0 Å². The number of amides is 2. The zero-order valence-corrected chi connectivity index (χ0v) is 12.2. The third-order valence-electron chi connectivity index (χ3n) is 4.19. The molecular weight excluding hydrogens is 266 g/mol. The normalized spacial score (nSPS) is 21.8. The van der Waals surface area contributed by atoms with Crippen molar-refractivity contribution in [3.8, 4) is 0 Å². The second-order valence-electron chi connectivity index (χ2n) is 5.74. The number of primary amides is 1. The summed E-state index contributed by atoms with van der Waals surface area (Å²) in [5.74, 6) is 0.216. The van der Waals surface area contributed by atoms with Crippen LogP contribution in [0.25, 0.3) is 0 Å². The monoisotopic (exact) mass is 289 g/mol. The van der Waals surface area contributed by atoms with Crippen LogP contribution in [-0.4, -0.2) is 18.4 Å². The SMILES string of the molecule is NCC1CCC(C(=O)Nc2ccccc2CC(N)=O)CC1. The molecule has 1 aromatic rings. The van der Waals surface area contributed by atoms with Gasteiger partial charge in [0, 0.05) is 11.6 Å². The number of hydrogen-bond donors (Lipinski definition) is 3. The van der Waals surface area contributed by atoms with E-state index in [0.29, 0.717) is 18.2 Å². The van der Waals surface area contributed by atoms with E-state index >= 15 is 0 Å². The molecule has 0 heterocycles. The number of para-hydroxylation sites is 1. The number of carbonyl (C=O) groups is 2. The van der Waals surface area contributed by atoms with Gasteiger partial charge in [-0.15, -0.1) is 0 Å². The van der Waals surface area contributed by atoms with E-state index < -0.39 is 5.91 Å². The molecule has 5 nitrogen and oxygen atoms in total. The van der Waals surface area contributed by atoms with Gasteiger partial charge in [-0.1, -0.05) is 18.2 Å². The predicted molar refractivity (Wildman–Crippen MR) is 82.5 cm³/mol. The van der Waals surface area contributed by atoms with E-state index in [1.165, 1.54) is 0 Å². The summed E-state index contributed by atoms with van der Waals surface area (Å²) in [6.45, 7) is 0.704. The Balaban J connectivity index is 1.98. The molecule has 1 saturated carbocycles. The molecule has 2 rings (SSSR count). The van der Waals surface area contributed by atoms with Gasteiger partial charge in [-0.2, -0.15) is 0 Å². The lowest BCUT2D eigenvalue weighted by molar-refractivity contribution is -0.121. The fourth-order valence-electron chi connectivity index (χ4n) is 2.88. The van der Waals surface area contributed by atoms with Crippen LogP contribution in [0.2, 0.25) is 0 Å². The van der Waals surface area contributed by atoms with Crippen molar-refractivity contribution in [1.82, 2.24) is 0 Å². The highest BCUT2D eigenvalue weighted by molar-refractivity contribution is 5.94. The molecule has 1 aliphatic rings. The molecule has 1 fully saturated rings. The number of benzene rings is 1. The Hall–Kier alpha value is -1.88. The lowest BCUT2D eigenvalue weighted by Gasteiger charge is -2.27. The molecule has 1 aromatic carbocycles. The van der Waals surface area contributed by atoms with E-state index in [2.05, 4.69) is 5.32 Å².